The molecule has 8 heteroatoms. The zero-order chi connectivity index (χ0) is 17.7. The van der Waals surface area contributed by atoms with E-state index in [9.17, 15) is 14.4 Å². The van der Waals surface area contributed by atoms with Crippen LogP contribution in [-0.4, -0.2) is 53.0 Å². The highest BCUT2D eigenvalue weighted by Gasteiger charge is 2.48. The molecule has 130 valence electrons. The van der Waals surface area contributed by atoms with E-state index < -0.39 is 24.2 Å². The fourth-order valence-electron chi connectivity index (χ4n) is 1.97. The minimum absolute atomic E-state index is 0.215. The lowest BCUT2D eigenvalue weighted by atomic mass is 10.1. The summed E-state index contributed by atoms with van der Waals surface area (Å²) in [4.78, 5) is 35.9. The van der Waals surface area contributed by atoms with E-state index in [1.807, 2.05) is 0 Å². The third-order valence-corrected chi connectivity index (χ3v) is 2.84. The molecule has 0 bridgehead atoms. The summed E-state index contributed by atoms with van der Waals surface area (Å²) in [5, 5.41) is 2.10. The van der Waals surface area contributed by atoms with E-state index in [0.717, 1.165) is 10.0 Å². The Hall–Kier alpha value is -2.25. The minimum atomic E-state index is -0.755. The molecule has 0 saturated carbocycles. The van der Waals surface area contributed by atoms with Crippen LogP contribution in [0.5, 0.6) is 0 Å². The zero-order valence-electron chi connectivity index (χ0n) is 14.4. The number of carbonyl (C=O) groups excluding carboxylic acids is 3. The largest absolute Gasteiger partial charge is 0.463 e. The highest BCUT2D eigenvalue weighted by atomic mass is 16.6. The molecule has 0 radical (unpaired) electrons. The van der Waals surface area contributed by atoms with Crippen molar-refractivity contribution in [2.75, 3.05) is 6.61 Å². The summed E-state index contributed by atoms with van der Waals surface area (Å²) >= 11 is 0. The molecule has 1 atom stereocenters. The number of amides is 2. The summed E-state index contributed by atoms with van der Waals surface area (Å²) in [7, 11) is 0. The Morgan fingerprint density at radius 1 is 1.09 bits per heavy atom. The van der Waals surface area contributed by atoms with E-state index in [-0.39, 0.29) is 18.8 Å². The van der Waals surface area contributed by atoms with Crippen molar-refractivity contribution in [2.45, 2.75) is 59.8 Å². The second-order valence-corrected chi connectivity index (χ2v) is 5.52. The number of carbonyl (C=O) groups is 3. The van der Waals surface area contributed by atoms with Gasteiger partial charge in [0.2, 0.25) is 0 Å². The van der Waals surface area contributed by atoms with E-state index >= 15 is 0 Å². The number of nitrogens with zero attached hydrogens (tertiary/aromatic N) is 2. The van der Waals surface area contributed by atoms with E-state index in [4.69, 9.17) is 14.2 Å². The van der Waals surface area contributed by atoms with E-state index in [2.05, 4.69) is 0 Å². The van der Waals surface area contributed by atoms with Gasteiger partial charge in [-0.05, 0) is 41.5 Å². The maximum Gasteiger partial charge on any atom is 0.433 e. The molecule has 1 aliphatic heterocycles. The SMILES string of the molecule is CCOC(=O)/C=C1/C(C)N(C(=O)OC(C)C)N1C(=O)OC(C)C. The third kappa shape index (κ3) is 4.61. The normalized spacial score (nSPS) is 19.0. The number of hydrazine groups is 1. The fourth-order valence-corrected chi connectivity index (χ4v) is 1.97. The van der Waals surface area contributed by atoms with Gasteiger partial charge in [0.25, 0.3) is 0 Å². The number of hydrogen-bond donors (Lipinski definition) is 0. The van der Waals surface area contributed by atoms with Gasteiger partial charge in [-0.15, -0.1) is 0 Å². The molecule has 1 aliphatic rings. The van der Waals surface area contributed by atoms with Crippen molar-refractivity contribution in [1.82, 2.24) is 10.0 Å². The van der Waals surface area contributed by atoms with Crippen molar-refractivity contribution in [3.05, 3.63) is 11.8 Å². The van der Waals surface area contributed by atoms with Gasteiger partial charge in [-0.2, -0.15) is 5.01 Å². The molecule has 0 spiro atoms. The van der Waals surface area contributed by atoms with Crippen LogP contribution in [0.1, 0.15) is 41.5 Å². The van der Waals surface area contributed by atoms with Crippen molar-refractivity contribution in [2.24, 2.45) is 0 Å². The van der Waals surface area contributed by atoms with Crippen LogP contribution in [0.25, 0.3) is 0 Å². The summed E-state index contributed by atoms with van der Waals surface area (Å²) in [6, 6.07) is -0.509. The standard InChI is InChI=1S/C15H24N2O6/c1-7-21-13(18)8-12-11(6)16(14(19)22-9(2)3)17(12)15(20)23-10(4)5/h8-11H,7H2,1-6H3/b12-8-. The highest BCUT2D eigenvalue weighted by molar-refractivity contribution is 5.87. The monoisotopic (exact) mass is 328 g/mol. The Morgan fingerprint density at radius 2 is 1.61 bits per heavy atom. The van der Waals surface area contributed by atoms with Crippen molar-refractivity contribution >= 4 is 18.2 Å². The highest BCUT2D eigenvalue weighted by Crippen LogP contribution is 2.32. The number of hydrogen-bond acceptors (Lipinski definition) is 6. The topological polar surface area (TPSA) is 85.4 Å². The first-order valence-corrected chi connectivity index (χ1v) is 7.57. The second-order valence-electron chi connectivity index (χ2n) is 5.52. The predicted octanol–water partition coefficient (Wildman–Crippen LogP) is 2.44. The number of ether oxygens (including phenoxy) is 3. The Bertz CT molecular complexity index is 500. The van der Waals surface area contributed by atoms with Crippen molar-refractivity contribution in [3.8, 4) is 0 Å². The third-order valence-electron chi connectivity index (χ3n) is 2.84. The predicted molar refractivity (Wildman–Crippen MR) is 81.1 cm³/mol. The second kappa shape index (κ2) is 7.85. The molecule has 2 amide bonds. The molecule has 8 nitrogen and oxygen atoms in total. The summed E-state index contributed by atoms with van der Waals surface area (Å²) < 4.78 is 15.0. The Morgan fingerprint density at radius 3 is 2.09 bits per heavy atom. The van der Waals surface area contributed by atoms with Crippen molar-refractivity contribution in [1.29, 1.82) is 0 Å². The molecule has 0 aliphatic carbocycles. The molecule has 0 aromatic rings. The molecule has 1 rings (SSSR count). The van der Waals surface area contributed by atoms with Crippen molar-refractivity contribution in [3.63, 3.8) is 0 Å². The van der Waals surface area contributed by atoms with Gasteiger partial charge in [0, 0.05) is 6.08 Å². The Balaban J connectivity index is 3.01. The average Bonchev–Trinajstić information content (AvgIpc) is 2.39. The first-order chi connectivity index (χ1) is 10.7. The van der Waals surface area contributed by atoms with Gasteiger partial charge < -0.3 is 14.2 Å². The molecular formula is C15H24N2O6. The summed E-state index contributed by atoms with van der Waals surface area (Å²) in [5.41, 5.74) is 0.315. The van der Waals surface area contributed by atoms with Gasteiger partial charge in [-0.25, -0.2) is 19.4 Å². The van der Waals surface area contributed by atoms with Crippen LogP contribution in [0.4, 0.5) is 9.59 Å². The molecule has 1 heterocycles. The van der Waals surface area contributed by atoms with Gasteiger partial charge in [0.15, 0.2) is 0 Å². The van der Waals surface area contributed by atoms with Crippen LogP contribution in [0.15, 0.2) is 11.8 Å². The smallest absolute Gasteiger partial charge is 0.433 e. The quantitative estimate of drug-likeness (QED) is 0.448. The lowest BCUT2D eigenvalue weighted by Crippen LogP contribution is -2.66. The molecule has 1 fully saturated rings. The molecule has 0 aromatic heterocycles. The minimum Gasteiger partial charge on any atom is -0.463 e. The van der Waals surface area contributed by atoms with E-state index in [1.165, 1.54) is 6.08 Å². The number of esters is 1. The number of rotatable bonds is 4. The van der Waals surface area contributed by atoms with Gasteiger partial charge >= 0.3 is 18.2 Å². The van der Waals surface area contributed by atoms with Gasteiger partial charge in [0.1, 0.15) is 0 Å². The maximum absolute atomic E-state index is 12.2. The molecule has 23 heavy (non-hydrogen) atoms. The van der Waals surface area contributed by atoms with Gasteiger partial charge in [-0.3, -0.25) is 0 Å². The molecule has 1 unspecified atom stereocenters. The van der Waals surface area contributed by atoms with E-state index in [1.54, 1.807) is 41.5 Å². The zero-order valence-corrected chi connectivity index (χ0v) is 14.4. The fraction of sp³-hybridized carbons (Fsp3) is 0.667. The molecular weight excluding hydrogens is 304 g/mol. The van der Waals surface area contributed by atoms with Crippen molar-refractivity contribution < 1.29 is 28.6 Å². The van der Waals surface area contributed by atoms with Crippen LogP contribution in [0, 0.1) is 0 Å². The lowest BCUT2D eigenvalue weighted by Gasteiger charge is -2.49. The van der Waals surface area contributed by atoms with Crippen LogP contribution in [0.3, 0.4) is 0 Å². The van der Waals surface area contributed by atoms with Crippen LogP contribution in [-0.2, 0) is 19.0 Å². The molecule has 1 saturated heterocycles. The van der Waals surface area contributed by atoms with Gasteiger partial charge in [-0.1, -0.05) is 0 Å². The Kier molecular flexibility index (Phi) is 6.41. The van der Waals surface area contributed by atoms with E-state index in [0.29, 0.717) is 5.70 Å². The average molecular weight is 328 g/mol. The van der Waals surface area contributed by atoms with Gasteiger partial charge in [0.05, 0.1) is 30.6 Å². The maximum atomic E-state index is 12.2. The van der Waals surface area contributed by atoms with Crippen LogP contribution >= 0.6 is 0 Å². The van der Waals surface area contributed by atoms with Crippen LogP contribution < -0.4 is 0 Å². The summed E-state index contributed by atoms with van der Waals surface area (Å²) in [6.07, 6.45) is -0.973. The Labute approximate surface area is 135 Å². The summed E-state index contributed by atoms with van der Waals surface area (Å²) in [5.74, 6) is -0.589. The first kappa shape index (κ1) is 18.8. The first-order valence-electron chi connectivity index (χ1n) is 7.57. The molecule has 0 N–H and O–H groups in total. The summed E-state index contributed by atoms with van der Waals surface area (Å²) in [6.45, 7) is 10.3. The van der Waals surface area contributed by atoms with Crippen LogP contribution in [0.2, 0.25) is 0 Å². The lowest BCUT2D eigenvalue weighted by molar-refractivity contribution is -0.138. The molecule has 0 aromatic carbocycles.